The summed E-state index contributed by atoms with van der Waals surface area (Å²) < 4.78 is 38.6. The first-order chi connectivity index (χ1) is 15.7. The third-order valence-electron chi connectivity index (χ3n) is 5.27. The molecule has 1 aliphatic heterocycles. The normalized spacial score (nSPS) is 14.0. The zero-order valence-electron chi connectivity index (χ0n) is 19.0. The molecule has 2 aromatic carbocycles. The second-order valence-electron chi connectivity index (χ2n) is 7.75. The molecule has 1 heterocycles. The number of rotatable bonds is 7. The molecule has 0 radical (unpaired) electrons. The fraction of sp³-hybridized carbons (Fsp3) is 0.391. The molecule has 0 spiro atoms. The van der Waals surface area contributed by atoms with E-state index < -0.39 is 10.0 Å². The van der Waals surface area contributed by atoms with Crippen molar-refractivity contribution in [2.24, 2.45) is 0 Å². The number of amides is 2. The highest BCUT2D eigenvalue weighted by atomic mass is 32.2. The molecular formula is C23H29N3O6S. The van der Waals surface area contributed by atoms with Crippen LogP contribution in [0.25, 0.3) is 0 Å². The molecule has 0 unspecified atom stereocenters. The van der Waals surface area contributed by atoms with Crippen molar-refractivity contribution in [1.29, 1.82) is 0 Å². The summed E-state index contributed by atoms with van der Waals surface area (Å²) in [6.45, 7) is 7.16. The summed E-state index contributed by atoms with van der Waals surface area (Å²) in [7, 11) is -3.75. The Labute approximate surface area is 194 Å². The quantitative estimate of drug-likeness (QED) is 0.660. The van der Waals surface area contributed by atoms with E-state index in [1.165, 1.54) is 12.1 Å². The summed E-state index contributed by atoms with van der Waals surface area (Å²) in [5.41, 5.74) is 2.11. The smallest absolute Gasteiger partial charge is 0.409 e. The molecular weight excluding hydrogens is 446 g/mol. The average Bonchev–Trinajstić information content (AvgIpc) is 2.79. The molecule has 0 atom stereocenters. The monoisotopic (exact) mass is 475 g/mol. The number of sulfonamides is 1. The molecule has 0 aromatic heterocycles. The van der Waals surface area contributed by atoms with E-state index >= 15 is 0 Å². The van der Waals surface area contributed by atoms with Gasteiger partial charge in [-0.05, 0) is 56.7 Å². The fourth-order valence-corrected chi connectivity index (χ4v) is 4.51. The van der Waals surface area contributed by atoms with Gasteiger partial charge >= 0.3 is 6.09 Å². The molecule has 1 aliphatic rings. The molecule has 1 N–H and O–H groups in total. The van der Waals surface area contributed by atoms with Crippen LogP contribution >= 0.6 is 0 Å². The number of aryl methyl sites for hydroxylation is 2. The number of hydrogen-bond acceptors (Lipinski definition) is 6. The summed E-state index contributed by atoms with van der Waals surface area (Å²) >= 11 is 0. The number of carbonyl (C=O) groups excluding carboxylic acids is 2. The highest BCUT2D eigenvalue weighted by Gasteiger charge is 2.25. The van der Waals surface area contributed by atoms with E-state index in [0.717, 1.165) is 5.56 Å². The molecule has 178 valence electrons. The van der Waals surface area contributed by atoms with Gasteiger partial charge in [-0.1, -0.05) is 17.7 Å². The number of nitrogens with zero attached hydrogens (tertiary/aromatic N) is 2. The lowest BCUT2D eigenvalue weighted by molar-refractivity contribution is -0.134. The number of carbonyl (C=O) groups is 2. The Hall–Kier alpha value is -3.27. The maximum absolute atomic E-state index is 12.7. The van der Waals surface area contributed by atoms with E-state index in [9.17, 15) is 18.0 Å². The molecule has 33 heavy (non-hydrogen) atoms. The van der Waals surface area contributed by atoms with Gasteiger partial charge in [-0.2, -0.15) is 0 Å². The molecule has 0 saturated carbocycles. The van der Waals surface area contributed by atoms with Crippen molar-refractivity contribution in [3.05, 3.63) is 53.6 Å². The van der Waals surface area contributed by atoms with Gasteiger partial charge in [0.1, 0.15) is 5.75 Å². The fourth-order valence-electron chi connectivity index (χ4n) is 3.37. The van der Waals surface area contributed by atoms with Crippen molar-refractivity contribution < 1.29 is 27.5 Å². The van der Waals surface area contributed by atoms with E-state index in [0.29, 0.717) is 49.8 Å². The van der Waals surface area contributed by atoms with Gasteiger partial charge < -0.3 is 19.3 Å². The van der Waals surface area contributed by atoms with Crippen LogP contribution in [0.4, 0.5) is 10.5 Å². The third kappa shape index (κ3) is 6.38. The van der Waals surface area contributed by atoms with Crippen LogP contribution in [0.5, 0.6) is 5.75 Å². The van der Waals surface area contributed by atoms with Crippen molar-refractivity contribution in [2.75, 3.05) is 44.1 Å². The van der Waals surface area contributed by atoms with Crippen molar-refractivity contribution in [3.63, 3.8) is 0 Å². The van der Waals surface area contributed by atoms with E-state index in [-0.39, 0.29) is 23.5 Å². The minimum atomic E-state index is -3.75. The highest BCUT2D eigenvalue weighted by molar-refractivity contribution is 7.92. The van der Waals surface area contributed by atoms with Crippen LogP contribution in [0.2, 0.25) is 0 Å². The van der Waals surface area contributed by atoms with Gasteiger partial charge in [0.05, 0.1) is 11.5 Å². The largest absolute Gasteiger partial charge is 0.483 e. The van der Waals surface area contributed by atoms with Crippen LogP contribution in [0.1, 0.15) is 18.1 Å². The Bertz CT molecular complexity index is 1090. The van der Waals surface area contributed by atoms with Crippen molar-refractivity contribution >= 4 is 27.7 Å². The lowest BCUT2D eigenvalue weighted by Crippen LogP contribution is -2.51. The van der Waals surface area contributed by atoms with Crippen molar-refractivity contribution in [1.82, 2.24) is 9.80 Å². The first-order valence-electron chi connectivity index (χ1n) is 10.7. The van der Waals surface area contributed by atoms with Crippen LogP contribution in [-0.2, 0) is 19.6 Å². The minimum Gasteiger partial charge on any atom is -0.483 e. The first-order valence-corrected chi connectivity index (χ1v) is 12.2. The number of anilines is 1. The maximum atomic E-state index is 12.7. The predicted molar refractivity (Wildman–Crippen MR) is 124 cm³/mol. The molecule has 9 nitrogen and oxygen atoms in total. The average molecular weight is 476 g/mol. The molecule has 10 heteroatoms. The number of ether oxygens (including phenoxy) is 2. The van der Waals surface area contributed by atoms with Crippen LogP contribution in [-0.4, -0.2) is 69.6 Å². The second kappa shape index (κ2) is 10.6. The van der Waals surface area contributed by atoms with Crippen molar-refractivity contribution in [3.8, 4) is 5.75 Å². The second-order valence-corrected chi connectivity index (χ2v) is 9.44. The predicted octanol–water partition coefficient (Wildman–Crippen LogP) is 2.78. The van der Waals surface area contributed by atoms with E-state index in [4.69, 9.17) is 9.47 Å². The Morgan fingerprint density at radius 1 is 0.970 bits per heavy atom. The molecule has 1 saturated heterocycles. The van der Waals surface area contributed by atoms with Crippen LogP contribution in [0.15, 0.2) is 47.4 Å². The van der Waals surface area contributed by atoms with E-state index in [1.807, 2.05) is 19.1 Å². The van der Waals surface area contributed by atoms with Gasteiger partial charge in [0.25, 0.3) is 15.9 Å². The Kier molecular flexibility index (Phi) is 7.80. The maximum Gasteiger partial charge on any atom is 0.409 e. The topological polar surface area (TPSA) is 105 Å². The van der Waals surface area contributed by atoms with E-state index in [2.05, 4.69) is 4.72 Å². The van der Waals surface area contributed by atoms with Crippen LogP contribution < -0.4 is 9.46 Å². The van der Waals surface area contributed by atoms with Crippen molar-refractivity contribution in [2.45, 2.75) is 25.7 Å². The molecule has 2 amide bonds. The number of nitrogens with one attached hydrogen (secondary N) is 1. The molecule has 1 fully saturated rings. The zero-order valence-corrected chi connectivity index (χ0v) is 19.9. The van der Waals surface area contributed by atoms with Crippen LogP contribution in [0, 0.1) is 13.8 Å². The zero-order chi connectivity index (χ0) is 24.0. The summed E-state index contributed by atoms with van der Waals surface area (Å²) in [4.78, 5) is 27.6. The first kappa shape index (κ1) is 24.4. The molecule has 2 aromatic rings. The Morgan fingerprint density at radius 3 is 2.21 bits per heavy atom. The summed E-state index contributed by atoms with van der Waals surface area (Å²) in [5, 5.41) is 0. The number of benzene rings is 2. The highest BCUT2D eigenvalue weighted by Crippen LogP contribution is 2.24. The standard InChI is InChI=1S/C23H29N3O6S/c1-4-31-23(28)26-13-11-25(12-14-26)22(27)16-32-21-10-9-20(15-18(21)3)33(29,30)24-19-7-5-17(2)6-8-19/h5-10,15,24H,4,11-14,16H2,1-3H3. The molecule has 0 aliphatic carbocycles. The number of piperazine rings is 1. The Balaban J connectivity index is 1.55. The Morgan fingerprint density at radius 2 is 1.61 bits per heavy atom. The third-order valence-corrected chi connectivity index (χ3v) is 6.65. The summed E-state index contributed by atoms with van der Waals surface area (Å²) in [5.74, 6) is 0.235. The number of hydrogen-bond donors (Lipinski definition) is 1. The van der Waals surface area contributed by atoms with Gasteiger partial charge in [0.15, 0.2) is 6.61 Å². The van der Waals surface area contributed by atoms with Gasteiger partial charge in [0, 0.05) is 31.9 Å². The lowest BCUT2D eigenvalue weighted by Gasteiger charge is -2.34. The summed E-state index contributed by atoms with van der Waals surface area (Å²) in [6, 6.07) is 11.6. The summed E-state index contributed by atoms with van der Waals surface area (Å²) in [6.07, 6.45) is -0.372. The van der Waals surface area contributed by atoms with Crippen LogP contribution in [0.3, 0.4) is 0 Å². The van der Waals surface area contributed by atoms with Gasteiger partial charge in [-0.3, -0.25) is 9.52 Å². The molecule has 3 rings (SSSR count). The SMILES string of the molecule is CCOC(=O)N1CCN(C(=O)COc2ccc(S(=O)(=O)Nc3ccc(C)cc3)cc2C)CC1. The lowest BCUT2D eigenvalue weighted by atomic mass is 10.2. The van der Waals surface area contributed by atoms with Gasteiger partial charge in [0.2, 0.25) is 0 Å². The van der Waals surface area contributed by atoms with E-state index in [1.54, 1.807) is 41.8 Å². The molecule has 0 bridgehead atoms. The minimum absolute atomic E-state index is 0.106. The van der Waals surface area contributed by atoms with Gasteiger partial charge in [-0.25, -0.2) is 13.2 Å². The van der Waals surface area contributed by atoms with Gasteiger partial charge in [-0.15, -0.1) is 0 Å².